The van der Waals surface area contributed by atoms with E-state index in [1.807, 2.05) is 6.07 Å². The first-order valence-corrected chi connectivity index (χ1v) is 9.18. The fourth-order valence-electron chi connectivity index (χ4n) is 2.69. The lowest BCUT2D eigenvalue weighted by molar-refractivity contribution is 0.0196. The summed E-state index contributed by atoms with van der Waals surface area (Å²) in [5.41, 5.74) is 1.59. The molecule has 0 radical (unpaired) electrons. The van der Waals surface area contributed by atoms with Gasteiger partial charge in [0, 0.05) is 19.6 Å². The summed E-state index contributed by atoms with van der Waals surface area (Å²) in [6.07, 6.45) is 0. The molecule has 3 rings (SSSR count). The second kappa shape index (κ2) is 9.24. The molecule has 1 saturated heterocycles. The van der Waals surface area contributed by atoms with Crippen molar-refractivity contribution in [3.05, 3.63) is 58.1 Å². The van der Waals surface area contributed by atoms with Crippen LogP contribution in [0, 0.1) is 0 Å². The molecule has 1 aliphatic heterocycles. The zero-order chi connectivity index (χ0) is 18.4. The van der Waals surface area contributed by atoms with Gasteiger partial charge in [0.1, 0.15) is 6.61 Å². The van der Waals surface area contributed by atoms with E-state index in [1.165, 1.54) is 0 Å². The zero-order valence-corrected chi connectivity index (χ0v) is 15.7. The number of nitrogens with one attached hydrogen (secondary N) is 1. The van der Waals surface area contributed by atoms with Crippen LogP contribution in [0.25, 0.3) is 0 Å². The van der Waals surface area contributed by atoms with Gasteiger partial charge >= 0.3 is 5.97 Å². The van der Waals surface area contributed by atoms with Crippen LogP contribution in [0.4, 0.5) is 11.4 Å². The highest BCUT2D eigenvalue weighted by Crippen LogP contribution is 2.33. The predicted octanol–water partition coefficient (Wildman–Crippen LogP) is 4.23. The van der Waals surface area contributed by atoms with E-state index < -0.39 is 0 Å². The van der Waals surface area contributed by atoms with Crippen molar-refractivity contribution in [2.75, 3.05) is 44.8 Å². The number of nitrogens with zero attached hydrogens (tertiary/aromatic N) is 1. The molecule has 0 bridgehead atoms. The van der Waals surface area contributed by atoms with Crippen LogP contribution in [0.15, 0.2) is 42.5 Å². The first-order valence-electron chi connectivity index (χ1n) is 8.42. The maximum atomic E-state index is 12.5. The summed E-state index contributed by atoms with van der Waals surface area (Å²) in [5, 5.41) is 4.10. The predicted molar refractivity (Wildman–Crippen MR) is 104 cm³/mol. The highest BCUT2D eigenvalue weighted by Gasteiger charge is 2.16. The van der Waals surface area contributed by atoms with Crippen LogP contribution < -0.4 is 5.32 Å². The number of halogens is 2. The molecule has 0 aromatic heterocycles. The highest BCUT2D eigenvalue weighted by molar-refractivity contribution is 6.39. The molecule has 0 saturated carbocycles. The van der Waals surface area contributed by atoms with Gasteiger partial charge in [0.2, 0.25) is 0 Å². The van der Waals surface area contributed by atoms with Crippen LogP contribution in [-0.2, 0) is 9.47 Å². The second-order valence-electron chi connectivity index (χ2n) is 5.86. The van der Waals surface area contributed by atoms with Crippen molar-refractivity contribution in [2.24, 2.45) is 0 Å². The fraction of sp³-hybridized carbons (Fsp3) is 0.316. The average Bonchev–Trinajstić information content (AvgIpc) is 2.66. The van der Waals surface area contributed by atoms with Gasteiger partial charge in [0.15, 0.2) is 0 Å². The van der Waals surface area contributed by atoms with Gasteiger partial charge in [-0.3, -0.25) is 4.90 Å². The number of esters is 1. The molecule has 0 spiro atoms. The normalized spacial score (nSPS) is 14.8. The van der Waals surface area contributed by atoms with Crippen molar-refractivity contribution in [1.29, 1.82) is 0 Å². The molecule has 2 aromatic rings. The summed E-state index contributed by atoms with van der Waals surface area (Å²) in [6, 6.07) is 12.4. The Morgan fingerprint density at radius 1 is 1.08 bits per heavy atom. The van der Waals surface area contributed by atoms with Crippen LogP contribution in [0.2, 0.25) is 10.0 Å². The van der Waals surface area contributed by atoms with Gasteiger partial charge in [-0.25, -0.2) is 4.79 Å². The van der Waals surface area contributed by atoms with E-state index in [9.17, 15) is 4.79 Å². The van der Waals surface area contributed by atoms with E-state index in [0.29, 0.717) is 40.1 Å². The van der Waals surface area contributed by atoms with Gasteiger partial charge in [0.25, 0.3) is 0 Å². The first-order chi connectivity index (χ1) is 12.6. The standard InChI is InChI=1S/C19H20Cl2N2O3/c20-15-5-3-6-16(21)18(15)22-17-7-2-1-4-14(17)19(24)26-13-10-23-8-11-25-12-9-23/h1-7,22H,8-13H2. The van der Waals surface area contributed by atoms with Gasteiger partial charge in [-0.15, -0.1) is 0 Å². The molecule has 2 aromatic carbocycles. The zero-order valence-electron chi connectivity index (χ0n) is 14.2. The monoisotopic (exact) mass is 394 g/mol. The number of hydrogen-bond acceptors (Lipinski definition) is 5. The molecule has 7 heteroatoms. The van der Waals surface area contributed by atoms with Gasteiger partial charge in [-0.05, 0) is 24.3 Å². The highest BCUT2D eigenvalue weighted by atomic mass is 35.5. The van der Waals surface area contributed by atoms with Crippen LogP contribution in [0.5, 0.6) is 0 Å². The Morgan fingerprint density at radius 2 is 1.77 bits per heavy atom. The summed E-state index contributed by atoms with van der Waals surface area (Å²) in [5.74, 6) is -0.385. The lowest BCUT2D eigenvalue weighted by Gasteiger charge is -2.26. The summed E-state index contributed by atoms with van der Waals surface area (Å²) in [7, 11) is 0. The largest absolute Gasteiger partial charge is 0.461 e. The third-order valence-electron chi connectivity index (χ3n) is 4.11. The van der Waals surface area contributed by atoms with Crippen LogP contribution in [0.3, 0.4) is 0 Å². The molecular weight excluding hydrogens is 375 g/mol. The van der Waals surface area contributed by atoms with E-state index >= 15 is 0 Å². The number of carbonyl (C=O) groups excluding carboxylic acids is 1. The Morgan fingerprint density at radius 3 is 2.50 bits per heavy atom. The van der Waals surface area contributed by atoms with E-state index in [0.717, 1.165) is 26.3 Å². The topological polar surface area (TPSA) is 50.8 Å². The molecule has 5 nitrogen and oxygen atoms in total. The van der Waals surface area contributed by atoms with Crippen LogP contribution in [0.1, 0.15) is 10.4 Å². The number of hydrogen-bond donors (Lipinski definition) is 1. The number of para-hydroxylation sites is 2. The smallest absolute Gasteiger partial charge is 0.340 e. The molecule has 0 amide bonds. The summed E-state index contributed by atoms with van der Waals surface area (Å²) >= 11 is 12.4. The van der Waals surface area contributed by atoms with E-state index in [1.54, 1.807) is 36.4 Å². The first kappa shape index (κ1) is 19.0. The quantitative estimate of drug-likeness (QED) is 0.742. The number of anilines is 2. The summed E-state index contributed by atoms with van der Waals surface area (Å²) in [6.45, 7) is 4.20. The van der Waals surface area contributed by atoms with Crippen molar-refractivity contribution in [1.82, 2.24) is 4.90 Å². The molecule has 0 unspecified atom stereocenters. The number of rotatable bonds is 6. The lowest BCUT2D eigenvalue weighted by Crippen LogP contribution is -2.38. The minimum atomic E-state index is -0.385. The van der Waals surface area contributed by atoms with Crippen LogP contribution >= 0.6 is 23.2 Å². The third kappa shape index (κ3) is 4.89. The fourth-order valence-corrected chi connectivity index (χ4v) is 3.18. The van der Waals surface area contributed by atoms with Crippen molar-refractivity contribution in [2.45, 2.75) is 0 Å². The third-order valence-corrected chi connectivity index (χ3v) is 4.74. The van der Waals surface area contributed by atoms with E-state index in [2.05, 4.69) is 10.2 Å². The Kier molecular flexibility index (Phi) is 6.74. The summed E-state index contributed by atoms with van der Waals surface area (Å²) < 4.78 is 10.8. The lowest BCUT2D eigenvalue weighted by atomic mass is 10.1. The Bertz CT molecular complexity index is 744. The van der Waals surface area contributed by atoms with Crippen molar-refractivity contribution >= 4 is 40.5 Å². The van der Waals surface area contributed by atoms with Crippen molar-refractivity contribution in [3.8, 4) is 0 Å². The van der Waals surface area contributed by atoms with Crippen LogP contribution in [-0.4, -0.2) is 50.3 Å². The SMILES string of the molecule is O=C(OCCN1CCOCC1)c1ccccc1Nc1c(Cl)cccc1Cl. The van der Waals surface area contributed by atoms with Gasteiger partial charge in [-0.1, -0.05) is 41.4 Å². The van der Waals surface area contributed by atoms with E-state index in [-0.39, 0.29) is 5.97 Å². The Labute approximate surface area is 162 Å². The molecule has 0 aliphatic carbocycles. The average molecular weight is 395 g/mol. The van der Waals surface area contributed by atoms with Crippen molar-refractivity contribution < 1.29 is 14.3 Å². The molecule has 1 heterocycles. The molecular formula is C19H20Cl2N2O3. The maximum Gasteiger partial charge on any atom is 0.340 e. The Balaban J connectivity index is 1.65. The molecule has 1 aliphatic rings. The van der Waals surface area contributed by atoms with Crippen molar-refractivity contribution in [3.63, 3.8) is 0 Å². The van der Waals surface area contributed by atoms with Gasteiger partial charge < -0.3 is 14.8 Å². The molecule has 0 atom stereocenters. The molecule has 138 valence electrons. The van der Waals surface area contributed by atoms with Gasteiger partial charge in [-0.2, -0.15) is 0 Å². The number of morpholine rings is 1. The number of benzene rings is 2. The van der Waals surface area contributed by atoms with E-state index in [4.69, 9.17) is 32.7 Å². The maximum absolute atomic E-state index is 12.5. The number of carbonyl (C=O) groups is 1. The molecule has 26 heavy (non-hydrogen) atoms. The molecule has 1 fully saturated rings. The summed E-state index contributed by atoms with van der Waals surface area (Å²) in [4.78, 5) is 14.7. The minimum Gasteiger partial charge on any atom is -0.461 e. The Hall–Kier alpha value is -1.79. The molecule has 1 N–H and O–H groups in total. The minimum absolute atomic E-state index is 0.333. The van der Waals surface area contributed by atoms with Gasteiger partial charge in [0.05, 0.1) is 40.2 Å². The number of ether oxygens (including phenoxy) is 2. The second-order valence-corrected chi connectivity index (χ2v) is 6.67.